The third-order valence-electron chi connectivity index (χ3n) is 2.89. The number of likely N-dealkylation sites (tertiary alicyclic amines) is 1. The highest BCUT2D eigenvalue weighted by molar-refractivity contribution is 5.77. The summed E-state index contributed by atoms with van der Waals surface area (Å²) in [7, 11) is 1.98. The van der Waals surface area contributed by atoms with Crippen LogP contribution < -0.4 is 5.32 Å². The third kappa shape index (κ3) is 3.39. The second kappa shape index (κ2) is 5.47. The van der Waals surface area contributed by atoms with E-state index < -0.39 is 0 Å². The molecule has 14 heavy (non-hydrogen) atoms. The first-order chi connectivity index (χ1) is 6.63. The maximum atomic E-state index is 11.1. The third-order valence-corrected chi connectivity index (χ3v) is 2.89. The number of nitrogens with one attached hydrogen (secondary N) is 1. The van der Waals surface area contributed by atoms with Crippen LogP contribution in [0.2, 0.25) is 0 Å². The van der Waals surface area contributed by atoms with Crippen LogP contribution in [0.3, 0.4) is 0 Å². The van der Waals surface area contributed by atoms with Gasteiger partial charge in [-0.15, -0.1) is 0 Å². The molecule has 3 heteroatoms. The lowest BCUT2D eigenvalue weighted by Crippen LogP contribution is -2.35. The topological polar surface area (TPSA) is 32.3 Å². The maximum Gasteiger partial charge on any atom is 0.143 e. The maximum absolute atomic E-state index is 11.1. The Bertz CT molecular complexity index is 194. The van der Waals surface area contributed by atoms with E-state index in [-0.39, 0.29) is 5.78 Å². The highest BCUT2D eigenvalue weighted by Crippen LogP contribution is 2.24. The summed E-state index contributed by atoms with van der Waals surface area (Å²) >= 11 is 0. The van der Waals surface area contributed by atoms with E-state index in [1.54, 1.807) is 6.92 Å². The van der Waals surface area contributed by atoms with E-state index >= 15 is 0 Å². The van der Waals surface area contributed by atoms with Crippen LogP contribution in [0, 0.1) is 5.92 Å². The van der Waals surface area contributed by atoms with Crippen molar-refractivity contribution in [2.45, 2.75) is 32.7 Å². The smallest absolute Gasteiger partial charge is 0.143 e. The zero-order chi connectivity index (χ0) is 10.6. The first kappa shape index (κ1) is 11.7. The standard InChI is InChI=1S/C11H22N2O/c1-9-6-11(4-5-12-3)13(7-9)8-10(2)14/h9,11-12H,4-8H2,1-3H3. The van der Waals surface area contributed by atoms with Gasteiger partial charge < -0.3 is 5.32 Å². The molecule has 0 aromatic rings. The second-order valence-corrected chi connectivity index (χ2v) is 4.52. The number of Topliss-reactive ketones (excluding diaryl/α,β-unsaturated/α-hetero) is 1. The summed E-state index contributed by atoms with van der Waals surface area (Å²) in [6.07, 6.45) is 2.41. The van der Waals surface area contributed by atoms with E-state index in [1.165, 1.54) is 6.42 Å². The minimum absolute atomic E-state index is 0.286. The van der Waals surface area contributed by atoms with Crippen molar-refractivity contribution in [2.24, 2.45) is 5.92 Å². The van der Waals surface area contributed by atoms with E-state index in [2.05, 4.69) is 17.1 Å². The Labute approximate surface area is 86.9 Å². The first-order valence-electron chi connectivity index (χ1n) is 5.51. The Morgan fingerprint density at radius 3 is 2.86 bits per heavy atom. The van der Waals surface area contributed by atoms with Gasteiger partial charge in [0, 0.05) is 12.6 Å². The van der Waals surface area contributed by atoms with Crippen LogP contribution >= 0.6 is 0 Å². The van der Waals surface area contributed by atoms with E-state index in [0.29, 0.717) is 12.6 Å². The number of nitrogens with zero attached hydrogens (tertiary/aromatic N) is 1. The van der Waals surface area contributed by atoms with Gasteiger partial charge in [-0.1, -0.05) is 6.92 Å². The van der Waals surface area contributed by atoms with Crippen molar-refractivity contribution in [1.29, 1.82) is 0 Å². The normalized spacial score (nSPS) is 28.2. The van der Waals surface area contributed by atoms with Gasteiger partial charge in [0.2, 0.25) is 0 Å². The van der Waals surface area contributed by atoms with Gasteiger partial charge in [-0.05, 0) is 39.3 Å². The van der Waals surface area contributed by atoms with Crippen LogP contribution in [0.25, 0.3) is 0 Å². The molecule has 0 amide bonds. The van der Waals surface area contributed by atoms with Gasteiger partial charge in [0.15, 0.2) is 0 Å². The quantitative estimate of drug-likeness (QED) is 0.712. The minimum atomic E-state index is 0.286. The molecule has 0 aromatic carbocycles. The molecule has 3 nitrogen and oxygen atoms in total. The van der Waals surface area contributed by atoms with Crippen molar-refractivity contribution >= 4 is 5.78 Å². The summed E-state index contributed by atoms with van der Waals surface area (Å²) in [6.45, 7) is 6.73. The molecular formula is C11H22N2O. The fourth-order valence-electron chi connectivity index (χ4n) is 2.33. The van der Waals surface area contributed by atoms with Crippen molar-refractivity contribution < 1.29 is 4.79 Å². The number of ketones is 1. The van der Waals surface area contributed by atoms with E-state index in [1.807, 2.05) is 7.05 Å². The Balaban J connectivity index is 2.40. The fraction of sp³-hybridized carbons (Fsp3) is 0.909. The summed E-state index contributed by atoms with van der Waals surface area (Å²) in [5.74, 6) is 1.03. The minimum Gasteiger partial charge on any atom is -0.320 e. The van der Waals surface area contributed by atoms with E-state index in [4.69, 9.17) is 0 Å². The van der Waals surface area contributed by atoms with Gasteiger partial charge >= 0.3 is 0 Å². The predicted octanol–water partition coefficient (Wildman–Crippen LogP) is 0.895. The Morgan fingerprint density at radius 2 is 2.29 bits per heavy atom. The lowest BCUT2D eigenvalue weighted by atomic mass is 10.1. The van der Waals surface area contributed by atoms with Gasteiger partial charge in [-0.2, -0.15) is 0 Å². The fourth-order valence-corrected chi connectivity index (χ4v) is 2.33. The molecule has 0 radical (unpaired) electrons. The van der Waals surface area contributed by atoms with Gasteiger partial charge in [0.05, 0.1) is 6.54 Å². The Kier molecular flexibility index (Phi) is 4.55. The number of carbonyl (C=O) groups excluding carboxylic acids is 1. The molecule has 0 spiro atoms. The van der Waals surface area contributed by atoms with Gasteiger partial charge in [-0.25, -0.2) is 0 Å². The highest BCUT2D eigenvalue weighted by Gasteiger charge is 2.29. The summed E-state index contributed by atoms with van der Waals surface area (Å²) < 4.78 is 0. The van der Waals surface area contributed by atoms with Crippen molar-refractivity contribution in [1.82, 2.24) is 10.2 Å². The van der Waals surface area contributed by atoms with Crippen LogP contribution in [0.1, 0.15) is 26.7 Å². The second-order valence-electron chi connectivity index (χ2n) is 4.52. The molecule has 1 N–H and O–H groups in total. The van der Waals surface area contributed by atoms with Crippen molar-refractivity contribution in [2.75, 3.05) is 26.7 Å². The molecule has 2 atom stereocenters. The Hall–Kier alpha value is -0.410. The zero-order valence-corrected chi connectivity index (χ0v) is 9.55. The van der Waals surface area contributed by atoms with Crippen molar-refractivity contribution in [3.05, 3.63) is 0 Å². The lowest BCUT2D eigenvalue weighted by Gasteiger charge is -2.22. The molecule has 0 aliphatic carbocycles. The van der Waals surface area contributed by atoms with Crippen LogP contribution in [-0.4, -0.2) is 43.4 Å². The monoisotopic (exact) mass is 198 g/mol. The molecule has 1 fully saturated rings. The van der Waals surface area contributed by atoms with Crippen LogP contribution in [0.5, 0.6) is 0 Å². The average molecular weight is 198 g/mol. The van der Waals surface area contributed by atoms with Crippen molar-refractivity contribution in [3.63, 3.8) is 0 Å². The van der Waals surface area contributed by atoms with Gasteiger partial charge in [-0.3, -0.25) is 9.69 Å². The molecular weight excluding hydrogens is 176 g/mol. The predicted molar refractivity (Wildman–Crippen MR) is 58.4 cm³/mol. The van der Waals surface area contributed by atoms with E-state index in [0.717, 1.165) is 25.4 Å². The first-order valence-corrected chi connectivity index (χ1v) is 5.51. The molecule has 82 valence electrons. The highest BCUT2D eigenvalue weighted by atomic mass is 16.1. The zero-order valence-electron chi connectivity index (χ0n) is 9.55. The lowest BCUT2D eigenvalue weighted by molar-refractivity contribution is -0.118. The molecule has 1 saturated heterocycles. The van der Waals surface area contributed by atoms with Crippen LogP contribution in [0.15, 0.2) is 0 Å². The number of rotatable bonds is 5. The number of hydrogen-bond acceptors (Lipinski definition) is 3. The molecule has 1 heterocycles. The molecule has 1 aliphatic rings. The SMILES string of the molecule is CNCCC1CC(C)CN1CC(C)=O. The molecule has 1 aliphatic heterocycles. The summed E-state index contributed by atoms with van der Waals surface area (Å²) in [5, 5.41) is 3.17. The van der Waals surface area contributed by atoms with E-state index in [9.17, 15) is 4.79 Å². The van der Waals surface area contributed by atoms with Gasteiger partial charge in [0.1, 0.15) is 5.78 Å². The summed E-state index contributed by atoms with van der Waals surface area (Å²) in [4.78, 5) is 13.4. The molecule has 2 unspecified atom stereocenters. The summed E-state index contributed by atoms with van der Waals surface area (Å²) in [5.41, 5.74) is 0. The Morgan fingerprint density at radius 1 is 1.57 bits per heavy atom. The van der Waals surface area contributed by atoms with Crippen molar-refractivity contribution in [3.8, 4) is 0 Å². The largest absolute Gasteiger partial charge is 0.320 e. The molecule has 1 rings (SSSR count). The molecule has 0 saturated carbocycles. The van der Waals surface area contributed by atoms with Gasteiger partial charge in [0.25, 0.3) is 0 Å². The molecule has 0 bridgehead atoms. The molecule has 0 aromatic heterocycles. The number of carbonyl (C=O) groups is 1. The van der Waals surface area contributed by atoms with Crippen LogP contribution in [0.4, 0.5) is 0 Å². The number of hydrogen-bond donors (Lipinski definition) is 1. The summed E-state index contributed by atoms with van der Waals surface area (Å²) in [6, 6.07) is 0.612. The van der Waals surface area contributed by atoms with Crippen LogP contribution in [-0.2, 0) is 4.79 Å². The average Bonchev–Trinajstić information content (AvgIpc) is 2.41.